The van der Waals surface area contributed by atoms with Crippen LogP contribution in [0.15, 0.2) is 29.2 Å². The Morgan fingerprint density at radius 3 is 2.92 bits per heavy atom. The van der Waals surface area contributed by atoms with Crippen LogP contribution in [0.5, 0.6) is 0 Å². The van der Waals surface area contributed by atoms with E-state index in [1.807, 2.05) is 11.8 Å². The van der Waals surface area contributed by atoms with Gasteiger partial charge in [0, 0.05) is 16.4 Å². The molecule has 0 amide bonds. The first-order valence-corrected chi connectivity index (χ1v) is 6.89. The van der Waals surface area contributed by atoms with Gasteiger partial charge in [-0.25, -0.2) is 0 Å². The molecule has 0 saturated carbocycles. The zero-order valence-corrected chi connectivity index (χ0v) is 9.29. The van der Waals surface area contributed by atoms with E-state index in [2.05, 4.69) is 36.0 Å². The number of aryl methyl sites for hydroxylation is 1. The SMILES string of the molecule is c1ccc2c(c1)CCCSCCS2. The fraction of sp³-hybridized carbons (Fsp3) is 0.455. The van der Waals surface area contributed by atoms with Crippen LogP contribution in [0.3, 0.4) is 0 Å². The van der Waals surface area contributed by atoms with Crippen LogP contribution in [-0.2, 0) is 6.42 Å². The highest BCUT2D eigenvalue weighted by Gasteiger charge is 2.04. The summed E-state index contributed by atoms with van der Waals surface area (Å²) in [5.41, 5.74) is 1.55. The lowest BCUT2D eigenvalue weighted by atomic mass is 10.1. The number of rotatable bonds is 0. The Balaban J connectivity index is 2.17. The van der Waals surface area contributed by atoms with Gasteiger partial charge in [0.2, 0.25) is 0 Å². The van der Waals surface area contributed by atoms with Gasteiger partial charge in [0.05, 0.1) is 0 Å². The Bertz CT molecular complexity index is 244. The minimum atomic E-state index is 1.26. The molecule has 0 radical (unpaired) electrons. The van der Waals surface area contributed by atoms with Crippen LogP contribution in [0.1, 0.15) is 12.0 Å². The normalized spacial score (nSPS) is 18.2. The second kappa shape index (κ2) is 4.97. The molecule has 1 heterocycles. The fourth-order valence-electron chi connectivity index (χ4n) is 1.53. The molecule has 0 unspecified atom stereocenters. The average Bonchev–Trinajstić information content (AvgIpc) is 2.28. The number of thioether (sulfide) groups is 2. The third-order valence-electron chi connectivity index (χ3n) is 2.19. The van der Waals surface area contributed by atoms with E-state index >= 15 is 0 Å². The molecule has 1 aliphatic heterocycles. The summed E-state index contributed by atoms with van der Waals surface area (Å²) in [4.78, 5) is 1.50. The second-order valence-corrected chi connectivity index (χ2v) is 5.53. The van der Waals surface area contributed by atoms with Crippen LogP contribution < -0.4 is 0 Å². The van der Waals surface area contributed by atoms with Crippen LogP contribution in [0.2, 0.25) is 0 Å². The Kier molecular flexibility index (Phi) is 3.62. The molecule has 1 aliphatic rings. The maximum atomic E-state index is 2.28. The number of hydrogen-bond donors (Lipinski definition) is 0. The van der Waals surface area contributed by atoms with Crippen molar-refractivity contribution in [3.8, 4) is 0 Å². The monoisotopic (exact) mass is 210 g/mol. The van der Waals surface area contributed by atoms with Crippen molar-refractivity contribution in [2.75, 3.05) is 17.3 Å². The summed E-state index contributed by atoms with van der Waals surface area (Å²) >= 11 is 4.11. The van der Waals surface area contributed by atoms with E-state index in [-0.39, 0.29) is 0 Å². The Morgan fingerprint density at radius 1 is 1.00 bits per heavy atom. The molecule has 2 heteroatoms. The molecule has 0 atom stereocenters. The first kappa shape index (κ1) is 9.47. The van der Waals surface area contributed by atoms with Crippen molar-refractivity contribution in [2.24, 2.45) is 0 Å². The van der Waals surface area contributed by atoms with Crippen LogP contribution >= 0.6 is 23.5 Å². The summed E-state index contributed by atoms with van der Waals surface area (Å²) in [6.45, 7) is 0. The highest BCUT2D eigenvalue weighted by molar-refractivity contribution is 8.03. The van der Waals surface area contributed by atoms with E-state index < -0.39 is 0 Å². The molecule has 0 saturated heterocycles. The van der Waals surface area contributed by atoms with Crippen molar-refractivity contribution >= 4 is 23.5 Å². The minimum Gasteiger partial charge on any atom is -0.161 e. The first-order valence-electron chi connectivity index (χ1n) is 4.75. The summed E-state index contributed by atoms with van der Waals surface area (Å²) in [6, 6.07) is 8.84. The predicted molar refractivity (Wildman–Crippen MR) is 62.8 cm³/mol. The van der Waals surface area contributed by atoms with Gasteiger partial charge in [-0.15, -0.1) is 11.8 Å². The van der Waals surface area contributed by atoms with E-state index in [9.17, 15) is 0 Å². The Hall–Kier alpha value is -0.0800. The molecular formula is C11H14S2. The van der Waals surface area contributed by atoms with E-state index in [1.165, 1.54) is 35.0 Å². The summed E-state index contributed by atoms with van der Waals surface area (Å²) in [6.07, 6.45) is 2.60. The van der Waals surface area contributed by atoms with Gasteiger partial charge >= 0.3 is 0 Å². The van der Waals surface area contributed by atoms with Gasteiger partial charge < -0.3 is 0 Å². The molecule has 2 rings (SSSR count). The fourth-order valence-corrected chi connectivity index (χ4v) is 3.64. The van der Waals surface area contributed by atoms with Gasteiger partial charge in [0.1, 0.15) is 0 Å². The molecule has 0 aromatic heterocycles. The van der Waals surface area contributed by atoms with Crippen molar-refractivity contribution in [3.05, 3.63) is 29.8 Å². The summed E-state index contributed by atoms with van der Waals surface area (Å²) in [5, 5.41) is 0. The van der Waals surface area contributed by atoms with E-state index in [4.69, 9.17) is 0 Å². The minimum absolute atomic E-state index is 1.26. The highest BCUT2D eigenvalue weighted by Crippen LogP contribution is 2.26. The van der Waals surface area contributed by atoms with Gasteiger partial charge in [0.15, 0.2) is 0 Å². The highest BCUT2D eigenvalue weighted by atomic mass is 32.2. The second-order valence-electron chi connectivity index (χ2n) is 3.17. The van der Waals surface area contributed by atoms with Crippen molar-refractivity contribution in [1.29, 1.82) is 0 Å². The largest absolute Gasteiger partial charge is 0.161 e. The van der Waals surface area contributed by atoms with Gasteiger partial charge in [-0.1, -0.05) is 18.2 Å². The molecule has 1 aromatic carbocycles. The third-order valence-corrected chi connectivity index (χ3v) is 4.64. The molecule has 70 valence electrons. The molecule has 0 spiro atoms. The van der Waals surface area contributed by atoms with E-state index in [0.29, 0.717) is 0 Å². The van der Waals surface area contributed by atoms with Crippen LogP contribution in [0, 0.1) is 0 Å². The van der Waals surface area contributed by atoms with Gasteiger partial charge in [-0.2, -0.15) is 11.8 Å². The van der Waals surface area contributed by atoms with Gasteiger partial charge in [-0.05, 0) is 30.2 Å². The lowest BCUT2D eigenvalue weighted by Gasteiger charge is -2.05. The molecular weight excluding hydrogens is 196 g/mol. The lowest BCUT2D eigenvalue weighted by molar-refractivity contribution is 0.913. The molecule has 1 aromatic rings. The lowest BCUT2D eigenvalue weighted by Crippen LogP contribution is -1.88. The number of benzene rings is 1. The maximum absolute atomic E-state index is 2.28. The zero-order chi connectivity index (χ0) is 8.93. The molecule has 0 aliphatic carbocycles. The number of hydrogen-bond acceptors (Lipinski definition) is 2. The van der Waals surface area contributed by atoms with Crippen molar-refractivity contribution in [1.82, 2.24) is 0 Å². The predicted octanol–water partition coefficient (Wildman–Crippen LogP) is 3.46. The maximum Gasteiger partial charge on any atom is 0.0104 e. The smallest absolute Gasteiger partial charge is 0.0104 e. The van der Waals surface area contributed by atoms with Crippen LogP contribution in [0.25, 0.3) is 0 Å². The summed E-state index contributed by atoms with van der Waals surface area (Å²) in [5.74, 6) is 3.90. The van der Waals surface area contributed by atoms with Gasteiger partial charge in [-0.3, -0.25) is 0 Å². The zero-order valence-electron chi connectivity index (χ0n) is 7.66. The van der Waals surface area contributed by atoms with Gasteiger partial charge in [0.25, 0.3) is 0 Å². The summed E-state index contributed by atoms with van der Waals surface area (Å²) < 4.78 is 0. The molecule has 0 bridgehead atoms. The quantitative estimate of drug-likeness (QED) is 0.643. The third kappa shape index (κ3) is 2.68. The van der Waals surface area contributed by atoms with Crippen molar-refractivity contribution < 1.29 is 0 Å². The topological polar surface area (TPSA) is 0 Å². The van der Waals surface area contributed by atoms with Crippen molar-refractivity contribution in [3.63, 3.8) is 0 Å². The summed E-state index contributed by atoms with van der Waals surface area (Å²) in [7, 11) is 0. The Morgan fingerprint density at radius 2 is 1.92 bits per heavy atom. The van der Waals surface area contributed by atoms with E-state index in [1.54, 1.807) is 5.56 Å². The molecule has 13 heavy (non-hydrogen) atoms. The molecule has 0 N–H and O–H groups in total. The van der Waals surface area contributed by atoms with Crippen LogP contribution in [-0.4, -0.2) is 17.3 Å². The molecule has 0 fully saturated rings. The standard InChI is InChI=1S/C11H14S2/c1-2-6-11-10(4-1)5-3-7-12-8-9-13-11/h1-2,4,6H,3,5,7-9H2. The first-order chi connectivity index (χ1) is 6.47. The van der Waals surface area contributed by atoms with E-state index in [0.717, 1.165) is 0 Å². The Labute approximate surface area is 88.5 Å². The molecule has 0 nitrogen and oxygen atoms in total. The van der Waals surface area contributed by atoms with Crippen LogP contribution in [0.4, 0.5) is 0 Å². The van der Waals surface area contributed by atoms with Crippen molar-refractivity contribution in [2.45, 2.75) is 17.7 Å². The average molecular weight is 210 g/mol. The number of fused-ring (bicyclic) bond motifs is 1.